The summed E-state index contributed by atoms with van der Waals surface area (Å²) in [4.78, 5) is 8.60. The summed E-state index contributed by atoms with van der Waals surface area (Å²) in [5, 5.41) is 3.25. The van der Waals surface area contributed by atoms with Crippen LogP contribution in [0.5, 0.6) is 0 Å². The van der Waals surface area contributed by atoms with Gasteiger partial charge in [-0.05, 0) is 24.3 Å². The number of nitrogens with zero attached hydrogens (tertiary/aromatic N) is 3. The summed E-state index contributed by atoms with van der Waals surface area (Å²) in [5.74, 6) is 0.819. The highest BCUT2D eigenvalue weighted by atomic mass is 15.2. The first kappa shape index (κ1) is 9.84. The van der Waals surface area contributed by atoms with Crippen LogP contribution in [0.15, 0.2) is 48.8 Å². The van der Waals surface area contributed by atoms with E-state index in [-0.39, 0.29) is 0 Å². The van der Waals surface area contributed by atoms with Gasteiger partial charge >= 0.3 is 0 Å². The topological polar surface area (TPSA) is 42.7 Å². The smallest absolute Gasteiger partial charge is 0.208 e. The van der Waals surface area contributed by atoms with Gasteiger partial charge in [0.2, 0.25) is 5.95 Å². The quantitative estimate of drug-likeness (QED) is 0.727. The zero-order valence-corrected chi connectivity index (χ0v) is 9.46. The van der Waals surface area contributed by atoms with Gasteiger partial charge in [0.1, 0.15) is 0 Å². The van der Waals surface area contributed by atoms with Gasteiger partial charge < -0.3 is 9.88 Å². The molecule has 3 aromatic rings. The van der Waals surface area contributed by atoms with Gasteiger partial charge in [0.15, 0.2) is 0 Å². The van der Waals surface area contributed by atoms with Crippen LogP contribution in [0.3, 0.4) is 0 Å². The number of nitrogens with one attached hydrogen (secondary N) is 1. The largest absolute Gasteiger partial charge is 0.324 e. The molecule has 0 atom stereocenters. The molecule has 3 rings (SSSR count). The number of benzene rings is 1. The Kier molecular flexibility index (Phi) is 2.26. The highest BCUT2D eigenvalue weighted by Gasteiger charge is 2.06. The number of fused-ring (bicyclic) bond motifs is 1. The Hall–Kier alpha value is -2.36. The van der Waals surface area contributed by atoms with E-state index in [0.29, 0.717) is 0 Å². The minimum absolute atomic E-state index is 0.819. The van der Waals surface area contributed by atoms with Crippen molar-refractivity contribution >= 4 is 22.7 Å². The first-order chi connectivity index (χ1) is 8.34. The normalized spacial score (nSPS) is 10.6. The van der Waals surface area contributed by atoms with E-state index in [4.69, 9.17) is 0 Å². The Morgan fingerprint density at radius 1 is 1.12 bits per heavy atom. The van der Waals surface area contributed by atoms with Gasteiger partial charge in [0, 0.05) is 13.2 Å². The van der Waals surface area contributed by atoms with Crippen LogP contribution in [-0.2, 0) is 7.05 Å². The molecular weight excluding hydrogens is 212 g/mol. The average Bonchev–Trinajstić information content (AvgIpc) is 2.68. The van der Waals surface area contributed by atoms with E-state index in [0.717, 1.165) is 22.7 Å². The molecule has 0 aliphatic heterocycles. The van der Waals surface area contributed by atoms with Crippen molar-refractivity contribution in [1.82, 2.24) is 14.5 Å². The van der Waals surface area contributed by atoms with Crippen molar-refractivity contribution < 1.29 is 0 Å². The van der Waals surface area contributed by atoms with Crippen molar-refractivity contribution in [1.29, 1.82) is 0 Å². The van der Waals surface area contributed by atoms with Gasteiger partial charge in [-0.3, -0.25) is 4.98 Å². The van der Waals surface area contributed by atoms with Crippen molar-refractivity contribution in [3.63, 3.8) is 0 Å². The number of imidazole rings is 1. The van der Waals surface area contributed by atoms with Crippen molar-refractivity contribution in [2.24, 2.45) is 7.05 Å². The third-order valence-electron chi connectivity index (χ3n) is 2.70. The summed E-state index contributed by atoms with van der Waals surface area (Å²) in [6.07, 6.45) is 3.53. The molecule has 2 aromatic heterocycles. The second-order valence-corrected chi connectivity index (χ2v) is 3.85. The van der Waals surface area contributed by atoms with Crippen molar-refractivity contribution in [3.8, 4) is 0 Å². The molecule has 0 aliphatic carbocycles. The maximum atomic E-state index is 4.53. The number of anilines is 2. The molecule has 0 aliphatic rings. The van der Waals surface area contributed by atoms with Crippen molar-refractivity contribution in [3.05, 3.63) is 48.8 Å². The Labute approximate surface area is 98.9 Å². The molecule has 0 saturated heterocycles. The summed E-state index contributed by atoms with van der Waals surface area (Å²) in [6.45, 7) is 0. The number of rotatable bonds is 2. The fraction of sp³-hybridized carbons (Fsp3) is 0.0769. The van der Waals surface area contributed by atoms with Crippen LogP contribution in [0.25, 0.3) is 11.0 Å². The van der Waals surface area contributed by atoms with Gasteiger partial charge in [-0.25, -0.2) is 4.98 Å². The Morgan fingerprint density at radius 3 is 2.76 bits per heavy atom. The van der Waals surface area contributed by atoms with E-state index in [2.05, 4.69) is 21.4 Å². The molecule has 2 heterocycles. The summed E-state index contributed by atoms with van der Waals surface area (Å²) < 4.78 is 2.03. The first-order valence-electron chi connectivity index (χ1n) is 5.43. The van der Waals surface area contributed by atoms with Gasteiger partial charge in [-0.15, -0.1) is 0 Å². The Balaban J connectivity index is 2.04. The minimum Gasteiger partial charge on any atom is -0.324 e. The lowest BCUT2D eigenvalue weighted by molar-refractivity contribution is 0.958. The number of hydrogen-bond acceptors (Lipinski definition) is 3. The summed E-state index contributed by atoms with van der Waals surface area (Å²) >= 11 is 0. The van der Waals surface area contributed by atoms with E-state index in [1.807, 2.05) is 41.9 Å². The van der Waals surface area contributed by atoms with Gasteiger partial charge in [0.05, 0.1) is 22.9 Å². The van der Waals surface area contributed by atoms with Crippen molar-refractivity contribution in [2.45, 2.75) is 0 Å². The fourth-order valence-electron chi connectivity index (χ4n) is 1.82. The molecule has 0 saturated carbocycles. The highest BCUT2D eigenvalue weighted by molar-refractivity contribution is 5.79. The second kappa shape index (κ2) is 3.90. The SMILES string of the molecule is Cn1c(Nc2cccnc2)nc2ccccc21. The van der Waals surface area contributed by atoms with Crippen LogP contribution in [0.1, 0.15) is 0 Å². The van der Waals surface area contributed by atoms with Crippen LogP contribution in [0.2, 0.25) is 0 Å². The number of aryl methyl sites for hydroxylation is 1. The number of hydrogen-bond donors (Lipinski definition) is 1. The molecule has 17 heavy (non-hydrogen) atoms. The molecule has 0 radical (unpaired) electrons. The number of para-hydroxylation sites is 2. The lowest BCUT2D eigenvalue weighted by Crippen LogP contribution is -1.98. The Bertz CT molecular complexity index is 643. The zero-order valence-electron chi connectivity index (χ0n) is 9.46. The second-order valence-electron chi connectivity index (χ2n) is 3.85. The maximum absolute atomic E-state index is 4.53. The fourth-order valence-corrected chi connectivity index (χ4v) is 1.82. The first-order valence-corrected chi connectivity index (χ1v) is 5.43. The molecule has 1 aromatic carbocycles. The molecular formula is C13H12N4. The molecule has 0 amide bonds. The average molecular weight is 224 g/mol. The summed E-state index contributed by atoms with van der Waals surface area (Å²) in [5.41, 5.74) is 3.03. The molecule has 1 N–H and O–H groups in total. The van der Waals surface area contributed by atoms with Crippen molar-refractivity contribution in [2.75, 3.05) is 5.32 Å². The predicted octanol–water partition coefficient (Wildman–Crippen LogP) is 2.71. The van der Waals surface area contributed by atoms with Crippen LogP contribution in [-0.4, -0.2) is 14.5 Å². The van der Waals surface area contributed by atoms with Gasteiger partial charge in [-0.2, -0.15) is 0 Å². The van der Waals surface area contributed by atoms with Crippen LogP contribution in [0.4, 0.5) is 11.6 Å². The predicted molar refractivity (Wildman–Crippen MR) is 68.2 cm³/mol. The van der Waals surface area contributed by atoms with E-state index in [9.17, 15) is 0 Å². The van der Waals surface area contributed by atoms with E-state index < -0.39 is 0 Å². The third-order valence-corrected chi connectivity index (χ3v) is 2.70. The number of pyridine rings is 1. The zero-order chi connectivity index (χ0) is 11.7. The molecule has 84 valence electrons. The van der Waals surface area contributed by atoms with Gasteiger partial charge in [-0.1, -0.05) is 12.1 Å². The summed E-state index contributed by atoms with van der Waals surface area (Å²) in [7, 11) is 1.99. The third kappa shape index (κ3) is 1.73. The molecule has 0 fully saturated rings. The van der Waals surface area contributed by atoms with Crippen LogP contribution >= 0.6 is 0 Å². The molecule has 0 bridgehead atoms. The molecule has 0 spiro atoms. The maximum Gasteiger partial charge on any atom is 0.208 e. The standard InChI is InChI=1S/C13H12N4/c1-17-12-7-3-2-6-11(12)16-13(17)15-10-5-4-8-14-9-10/h2-9H,1H3,(H,15,16). The lowest BCUT2D eigenvalue weighted by Gasteiger charge is -2.04. The van der Waals surface area contributed by atoms with Gasteiger partial charge in [0.25, 0.3) is 0 Å². The highest BCUT2D eigenvalue weighted by Crippen LogP contribution is 2.20. The van der Waals surface area contributed by atoms with Crippen LogP contribution < -0.4 is 5.32 Å². The minimum atomic E-state index is 0.819. The lowest BCUT2D eigenvalue weighted by atomic mass is 10.3. The summed E-state index contributed by atoms with van der Waals surface area (Å²) in [6, 6.07) is 11.9. The molecule has 4 heteroatoms. The van der Waals surface area contributed by atoms with E-state index in [1.165, 1.54) is 0 Å². The molecule has 0 unspecified atom stereocenters. The number of aromatic nitrogens is 3. The Morgan fingerprint density at radius 2 is 2.00 bits per heavy atom. The monoisotopic (exact) mass is 224 g/mol. The van der Waals surface area contributed by atoms with E-state index >= 15 is 0 Å². The van der Waals surface area contributed by atoms with Crippen LogP contribution in [0, 0.1) is 0 Å². The molecule has 4 nitrogen and oxygen atoms in total. The van der Waals surface area contributed by atoms with E-state index in [1.54, 1.807) is 12.4 Å².